The SMILES string of the molecule is CNc1cc(C(=O)NCCCC(C)C)cc(C(C)(C)C)n1. The van der Waals surface area contributed by atoms with E-state index in [0.717, 1.165) is 30.9 Å². The summed E-state index contributed by atoms with van der Waals surface area (Å²) in [5, 5.41) is 6.02. The second kappa shape index (κ2) is 7.43. The van der Waals surface area contributed by atoms with Crippen LogP contribution in [0.5, 0.6) is 0 Å². The molecule has 1 rings (SSSR count). The van der Waals surface area contributed by atoms with Crippen molar-refractivity contribution < 1.29 is 4.79 Å². The zero-order chi connectivity index (χ0) is 16.0. The van der Waals surface area contributed by atoms with Gasteiger partial charge in [-0.25, -0.2) is 4.98 Å². The molecule has 1 aromatic rings. The fraction of sp³-hybridized carbons (Fsp3) is 0.647. The summed E-state index contributed by atoms with van der Waals surface area (Å²) < 4.78 is 0. The Morgan fingerprint density at radius 3 is 2.48 bits per heavy atom. The van der Waals surface area contributed by atoms with E-state index in [2.05, 4.69) is 50.2 Å². The van der Waals surface area contributed by atoms with Crippen LogP contribution in [-0.2, 0) is 5.41 Å². The molecule has 0 aliphatic rings. The second-order valence-corrected chi connectivity index (χ2v) is 6.92. The molecule has 0 aliphatic heterocycles. The van der Waals surface area contributed by atoms with Gasteiger partial charge in [0.15, 0.2) is 0 Å². The molecule has 4 nitrogen and oxygen atoms in total. The Morgan fingerprint density at radius 2 is 1.95 bits per heavy atom. The van der Waals surface area contributed by atoms with E-state index in [1.165, 1.54) is 0 Å². The van der Waals surface area contributed by atoms with Crippen molar-refractivity contribution >= 4 is 11.7 Å². The van der Waals surface area contributed by atoms with E-state index in [4.69, 9.17) is 0 Å². The quantitative estimate of drug-likeness (QED) is 0.788. The molecule has 0 atom stereocenters. The number of nitrogens with zero attached hydrogens (tertiary/aromatic N) is 1. The van der Waals surface area contributed by atoms with Gasteiger partial charge in [0, 0.05) is 30.3 Å². The fourth-order valence-corrected chi connectivity index (χ4v) is 1.99. The van der Waals surface area contributed by atoms with E-state index in [-0.39, 0.29) is 11.3 Å². The van der Waals surface area contributed by atoms with Crippen LogP contribution in [0.4, 0.5) is 5.82 Å². The van der Waals surface area contributed by atoms with Crippen molar-refractivity contribution in [1.82, 2.24) is 10.3 Å². The minimum absolute atomic E-state index is 0.0249. The predicted octanol–water partition coefficient (Wildman–Crippen LogP) is 3.59. The molecule has 1 aromatic heterocycles. The number of aromatic nitrogens is 1. The van der Waals surface area contributed by atoms with Gasteiger partial charge >= 0.3 is 0 Å². The van der Waals surface area contributed by atoms with E-state index < -0.39 is 0 Å². The maximum absolute atomic E-state index is 12.3. The highest BCUT2D eigenvalue weighted by atomic mass is 16.1. The highest BCUT2D eigenvalue weighted by Crippen LogP contribution is 2.23. The average Bonchev–Trinajstić information content (AvgIpc) is 2.41. The van der Waals surface area contributed by atoms with E-state index in [1.54, 1.807) is 6.07 Å². The van der Waals surface area contributed by atoms with Gasteiger partial charge < -0.3 is 10.6 Å². The molecule has 0 saturated carbocycles. The van der Waals surface area contributed by atoms with Crippen LogP contribution in [0.25, 0.3) is 0 Å². The number of carbonyl (C=O) groups excluding carboxylic acids is 1. The number of amides is 1. The number of anilines is 1. The predicted molar refractivity (Wildman–Crippen MR) is 88.9 cm³/mol. The van der Waals surface area contributed by atoms with Crippen LogP contribution in [0.15, 0.2) is 12.1 Å². The third-order valence-electron chi connectivity index (χ3n) is 3.36. The molecule has 21 heavy (non-hydrogen) atoms. The van der Waals surface area contributed by atoms with Gasteiger partial charge in [0.05, 0.1) is 0 Å². The van der Waals surface area contributed by atoms with Crippen molar-refractivity contribution in [1.29, 1.82) is 0 Å². The van der Waals surface area contributed by atoms with Crippen LogP contribution < -0.4 is 10.6 Å². The zero-order valence-electron chi connectivity index (χ0n) is 14.2. The first-order valence-electron chi connectivity index (χ1n) is 7.72. The van der Waals surface area contributed by atoms with Crippen LogP contribution in [0.1, 0.15) is 63.5 Å². The normalized spacial score (nSPS) is 11.6. The molecule has 0 saturated heterocycles. The lowest BCUT2D eigenvalue weighted by Gasteiger charge is -2.19. The molecule has 1 heterocycles. The summed E-state index contributed by atoms with van der Waals surface area (Å²) in [5.41, 5.74) is 1.50. The van der Waals surface area contributed by atoms with Gasteiger partial charge in [0.2, 0.25) is 0 Å². The lowest BCUT2D eigenvalue weighted by molar-refractivity contribution is 0.0952. The van der Waals surface area contributed by atoms with Gasteiger partial charge in [-0.15, -0.1) is 0 Å². The Balaban J connectivity index is 2.79. The van der Waals surface area contributed by atoms with Crippen molar-refractivity contribution in [2.24, 2.45) is 5.92 Å². The summed E-state index contributed by atoms with van der Waals surface area (Å²) in [6.07, 6.45) is 2.14. The Morgan fingerprint density at radius 1 is 1.29 bits per heavy atom. The minimum Gasteiger partial charge on any atom is -0.373 e. The highest BCUT2D eigenvalue weighted by molar-refractivity contribution is 5.95. The van der Waals surface area contributed by atoms with Crippen LogP contribution in [-0.4, -0.2) is 24.5 Å². The van der Waals surface area contributed by atoms with Gasteiger partial charge in [0.1, 0.15) is 5.82 Å². The van der Waals surface area contributed by atoms with Crippen LogP contribution in [0.2, 0.25) is 0 Å². The van der Waals surface area contributed by atoms with Crippen molar-refractivity contribution in [2.75, 3.05) is 18.9 Å². The number of pyridine rings is 1. The van der Waals surface area contributed by atoms with E-state index in [1.807, 2.05) is 13.1 Å². The number of hydrogen-bond acceptors (Lipinski definition) is 3. The maximum Gasteiger partial charge on any atom is 0.251 e. The van der Waals surface area contributed by atoms with Crippen LogP contribution in [0, 0.1) is 5.92 Å². The van der Waals surface area contributed by atoms with E-state index >= 15 is 0 Å². The topological polar surface area (TPSA) is 54.0 Å². The molecule has 2 N–H and O–H groups in total. The molecule has 0 fully saturated rings. The minimum atomic E-state index is -0.0838. The van der Waals surface area contributed by atoms with Crippen LogP contribution >= 0.6 is 0 Å². The Bertz CT molecular complexity index is 475. The standard InChI is InChI=1S/C17H29N3O/c1-12(2)8-7-9-19-16(21)13-10-14(17(3,4)5)20-15(11-13)18-6/h10-12H,7-9H2,1-6H3,(H,18,20)(H,19,21). The molecule has 0 aliphatic carbocycles. The van der Waals surface area contributed by atoms with Crippen LogP contribution in [0.3, 0.4) is 0 Å². The first-order valence-corrected chi connectivity index (χ1v) is 7.72. The molecular weight excluding hydrogens is 262 g/mol. The fourth-order valence-electron chi connectivity index (χ4n) is 1.99. The zero-order valence-corrected chi connectivity index (χ0v) is 14.2. The highest BCUT2D eigenvalue weighted by Gasteiger charge is 2.19. The van der Waals surface area contributed by atoms with Crippen molar-refractivity contribution in [2.45, 2.75) is 52.9 Å². The Labute approximate surface area is 128 Å². The van der Waals surface area contributed by atoms with E-state index in [9.17, 15) is 4.79 Å². The summed E-state index contributed by atoms with van der Waals surface area (Å²) in [7, 11) is 1.82. The maximum atomic E-state index is 12.3. The summed E-state index contributed by atoms with van der Waals surface area (Å²) in [4.78, 5) is 16.8. The van der Waals surface area contributed by atoms with Gasteiger partial charge in [-0.2, -0.15) is 0 Å². The van der Waals surface area contributed by atoms with Gasteiger partial charge in [-0.1, -0.05) is 34.6 Å². The van der Waals surface area contributed by atoms with Crippen molar-refractivity contribution in [3.05, 3.63) is 23.4 Å². The monoisotopic (exact) mass is 291 g/mol. The van der Waals surface area contributed by atoms with Gasteiger partial charge in [-0.05, 0) is 30.9 Å². The first kappa shape index (κ1) is 17.5. The molecule has 0 aromatic carbocycles. The van der Waals surface area contributed by atoms with Crippen molar-refractivity contribution in [3.63, 3.8) is 0 Å². The lowest BCUT2D eigenvalue weighted by atomic mass is 9.90. The summed E-state index contributed by atoms with van der Waals surface area (Å²) in [6.45, 7) is 11.4. The third kappa shape index (κ3) is 5.74. The molecule has 4 heteroatoms. The average molecular weight is 291 g/mol. The first-order chi connectivity index (χ1) is 9.74. The summed E-state index contributed by atoms with van der Waals surface area (Å²) in [6, 6.07) is 3.69. The van der Waals surface area contributed by atoms with Crippen molar-refractivity contribution in [3.8, 4) is 0 Å². The Kier molecular flexibility index (Phi) is 6.19. The summed E-state index contributed by atoms with van der Waals surface area (Å²) in [5.74, 6) is 1.38. The smallest absolute Gasteiger partial charge is 0.251 e. The number of nitrogens with one attached hydrogen (secondary N) is 2. The van der Waals surface area contributed by atoms with Gasteiger partial charge in [0.25, 0.3) is 5.91 Å². The number of carbonyl (C=O) groups is 1. The molecule has 118 valence electrons. The third-order valence-corrected chi connectivity index (χ3v) is 3.36. The Hall–Kier alpha value is -1.58. The molecule has 1 amide bonds. The molecular formula is C17H29N3O. The number of rotatable bonds is 6. The largest absolute Gasteiger partial charge is 0.373 e. The van der Waals surface area contributed by atoms with E-state index in [0.29, 0.717) is 11.5 Å². The molecule has 0 spiro atoms. The molecule has 0 unspecified atom stereocenters. The lowest BCUT2D eigenvalue weighted by Crippen LogP contribution is -2.26. The number of hydrogen-bond donors (Lipinski definition) is 2. The second-order valence-electron chi connectivity index (χ2n) is 6.92. The molecule has 0 radical (unpaired) electrons. The summed E-state index contributed by atoms with van der Waals surface area (Å²) >= 11 is 0. The molecule has 0 bridgehead atoms. The van der Waals surface area contributed by atoms with Gasteiger partial charge in [-0.3, -0.25) is 4.79 Å².